The number of carboxylic acid groups (broad SMARTS) is 1. The van der Waals surface area contributed by atoms with Crippen LogP contribution < -0.4 is 5.32 Å². The highest BCUT2D eigenvalue weighted by Gasteiger charge is 2.25. The quantitative estimate of drug-likeness (QED) is 0.596. The molecule has 0 aliphatic carbocycles. The fraction of sp³-hybridized carbons (Fsp3) is 0.769. The molecule has 110 valence electrons. The molecule has 19 heavy (non-hydrogen) atoms. The van der Waals surface area contributed by atoms with Gasteiger partial charge in [-0.1, -0.05) is 13.8 Å². The van der Waals surface area contributed by atoms with Gasteiger partial charge in [-0.25, -0.2) is 4.79 Å². The fourth-order valence-electron chi connectivity index (χ4n) is 1.71. The van der Waals surface area contributed by atoms with Crippen molar-refractivity contribution in [2.45, 2.75) is 39.2 Å². The Labute approximate surface area is 118 Å². The third kappa shape index (κ3) is 7.87. The fourth-order valence-corrected chi connectivity index (χ4v) is 2.23. The molecule has 0 aliphatic heterocycles. The first-order chi connectivity index (χ1) is 8.92. The van der Waals surface area contributed by atoms with E-state index in [9.17, 15) is 14.4 Å². The van der Waals surface area contributed by atoms with Gasteiger partial charge in [-0.3, -0.25) is 4.79 Å². The number of carbonyl (C=O) groups is 3. The van der Waals surface area contributed by atoms with Gasteiger partial charge in [0.25, 0.3) is 0 Å². The first-order valence-corrected chi connectivity index (χ1v) is 7.77. The second kappa shape index (κ2) is 9.83. The van der Waals surface area contributed by atoms with E-state index in [1.54, 1.807) is 11.8 Å². The molecule has 0 aromatic rings. The molecular formula is C13H23NO4S. The highest BCUT2D eigenvalue weighted by Crippen LogP contribution is 2.13. The van der Waals surface area contributed by atoms with Crippen LogP contribution in [0.3, 0.4) is 0 Å². The van der Waals surface area contributed by atoms with Crippen LogP contribution in [0.25, 0.3) is 0 Å². The minimum absolute atomic E-state index is 0.139. The molecule has 0 aromatic carbocycles. The second-order valence-electron chi connectivity index (χ2n) is 4.91. The lowest BCUT2D eigenvalue weighted by molar-refractivity contribution is -0.143. The highest BCUT2D eigenvalue weighted by atomic mass is 32.2. The third-order valence-corrected chi connectivity index (χ3v) is 3.39. The topological polar surface area (TPSA) is 83.5 Å². The average Bonchev–Trinajstić information content (AvgIpc) is 2.32. The Morgan fingerprint density at radius 2 is 2.00 bits per heavy atom. The van der Waals surface area contributed by atoms with Crippen molar-refractivity contribution in [1.82, 2.24) is 5.32 Å². The van der Waals surface area contributed by atoms with E-state index in [4.69, 9.17) is 5.11 Å². The van der Waals surface area contributed by atoms with Crippen LogP contribution in [0.4, 0.5) is 0 Å². The van der Waals surface area contributed by atoms with E-state index in [2.05, 4.69) is 5.32 Å². The third-order valence-electron chi connectivity index (χ3n) is 2.74. The Kier molecular flexibility index (Phi) is 9.30. The van der Waals surface area contributed by atoms with E-state index in [1.165, 1.54) is 0 Å². The van der Waals surface area contributed by atoms with Crippen LogP contribution in [0.1, 0.15) is 33.1 Å². The second-order valence-corrected chi connectivity index (χ2v) is 5.90. The van der Waals surface area contributed by atoms with Crippen LogP contribution in [0, 0.1) is 11.8 Å². The Balaban J connectivity index is 4.55. The molecule has 0 rings (SSSR count). The Bertz CT molecular complexity index is 307. The number of rotatable bonds is 10. The van der Waals surface area contributed by atoms with Crippen LogP contribution in [-0.4, -0.2) is 41.3 Å². The number of aldehydes is 1. The van der Waals surface area contributed by atoms with Crippen LogP contribution in [0.5, 0.6) is 0 Å². The molecule has 2 atom stereocenters. The summed E-state index contributed by atoms with van der Waals surface area (Å²) in [6, 6.07) is -0.879. The standard InChI is InChI=1S/C13H23NO4S/c1-9(2)8-11(13(17)18)14-12(16)10(4-6-15)5-7-19-3/h6,9-11H,4-5,7-8H2,1-3H3,(H,14,16)(H,17,18)/t10-,11-/m0/s1. The number of carbonyl (C=O) groups excluding carboxylic acids is 2. The largest absolute Gasteiger partial charge is 0.480 e. The van der Waals surface area contributed by atoms with Crippen molar-refractivity contribution in [1.29, 1.82) is 0 Å². The zero-order valence-electron chi connectivity index (χ0n) is 11.7. The van der Waals surface area contributed by atoms with Crippen molar-refractivity contribution in [2.75, 3.05) is 12.0 Å². The molecule has 0 bridgehead atoms. The van der Waals surface area contributed by atoms with Gasteiger partial charge in [0.1, 0.15) is 12.3 Å². The molecule has 0 fully saturated rings. The number of aliphatic carboxylic acids is 1. The summed E-state index contributed by atoms with van der Waals surface area (Å²) < 4.78 is 0. The average molecular weight is 289 g/mol. The van der Waals surface area contributed by atoms with Gasteiger partial charge in [-0.05, 0) is 30.8 Å². The van der Waals surface area contributed by atoms with E-state index in [1.807, 2.05) is 20.1 Å². The number of carboxylic acids is 1. The van der Waals surface area contributed by atoms with Gasteiger partial charge in [-0.15, -0.1) is 0 Å². The molecule has 1 amide bonds. The lowest BCUT2D eigenvalue weighted by Crippen LogP contribution is -2.44. The first kappa shape index (κ1) is 18.0. The molecule has 0 aromatic heterocycles. The maximum Gasteiger partial charge on any atom is 0.326 e. The molecule has 0 saturated heterocycles. The zero-order valence-corrected chi connectivity index (χ0v) is 12.5. The van der Waals surface area contributed by atoms with Crippen molar-refractivity contribution in [3.63, 3.8) is 0 Å². The monoisotopic (exact) mass is 289 g/mol. The molecule has 6 heteroatoms. The number of hydrogen-bond acceptors (Lipinski definition) is 4. The maximum absolute atomic E-state index is 12.0. The molecule has 0 heterocycles. The molecule has 2 N–H and O–H groups in total. The van der Waals surface area contributed by atoms with E-state index >= 15 is 0 Å². The van der Waals surface area contributed by atoms with E-state index < -0.39 is 17.9 Å². The van der Waals surface area contributed by atoms with Crippen molar-refractivity contribution in [3.8, 4) is 0 Å². The van der Waals surface area contributed by atoms with E-state index in [-0.39, 0.29) is 18.2 Å². The van der Waals surface area contributed by atoms with Gasteiger partial charge in [0.05, 0.1) is 0 Å². The summed E-state index contributed by atoms with van der Waals surface area (Å²) in [5, 5.41) is 11.6. The number of nitrogens with one attached hydrogen (secondary N) is 1. The summed E-state index contributed by atoms with van der Waals surface area (Å²) in [4.78, 5) is 33.6. The van der Waals surface area contributed by atoms with Gasteiger partial charge >= 0.3 is 5.97 Å². The van der Waals surface area contributed by atoms with E-state index in [0.29, 0.717) is 19.1 Å². The number of hydrogen-bond donors (Lipinski definition) is 2. The van der Waals surface area contributed by atoms with Crippen LogP contribution in [0.15, 0.2) is 0 Å². The minimum atomic E-state index is -1.03. The lowest BCUT2D eigenvalue weighted by atomic mass is 9.99. The smallest absolute Gasteiger partial charge is 0.326 e. The first-order valence-electron chi connectivity index (χ1n) is 6.38. The van der Waals surface area contributed by atoms with Crippen LogP contribution in [-0.2, 0) is 14.4 Å². The molecule has 0 saturated carbocycles. The number of amides is 1. The van der Waals surface area contributed by atoms with Crippen molar-refractivity contribution in [3.05, 3.63) is 0 Å². The molecule has 5 nitrogen and oxygen atoms in total. The Morgan fingerprint density at radius 1 is 1.37 bits per heavy atom. The molecular weight excluding hydrogens is 266 g/mol. The lowest BCUT2D eigenvalue weighted by Gasteiger charge is -2.20. The summed E-state index contributed by atoms with van der Waals surface area (Å²) >= 11 is 1.60. The highest BCUT2D eigenvalue weighted by molar-refractivity contribution is 7.98. The van der Waals surface area contributed by atoms with Gasteiger partial charge < -0.3 is 15.2 Å². The SMILES string of the molecule is CSCC[C@H](CC=O)C(=O)N[C@@H](CC(C)C)C(=O)O. The van der Waals surface area contributed by atoms with Crippen LogP contribution in [0.2, 0.25) is 0 Å². The van der Waals surface area contributed by atoms with Gasteiger partial charge in [-0.2, -0.15) is 11.8 Å². The molecule has 0 unspecified atom stereocenters. The van der Waals surface area contributed by atoms with Gasteiger partial charge in [0, 0.05) is 12.3 Å². The normalized spacial score (nSPS) is 13.9. The van der Waals surface area contributed by atoms with Gasteiger partial charge in [0.2, 0.25) is 5.91 Å². The summed E-state index contributed by atoms with van der Waals surface area (Å²) in [6.45, 7) is 3.80. The van der Waals surface area contributed by atoms with Crippen molar-refractivity contribution in [2.24, 2.45) is 11.8 Å². The minimum Gasteiger partial charge on any atom is -0.480 e. The summed E-state index contributed by atoms with van der Waals surface area (Å²) in [6.07, 6.45) is 3.75. The summed E-state index contributed by atoms with van der Waals surface area (Å²) in [5.41, 5.74) is 0. The zero-order chi connectivity index (χ0) is 14.8. The predicted octanol–water partition coefficient (Wildman–Crippen LogP) is 1.56. The number of thioether (sulfide) groups is 1. The Morgan fingerprint density at radius 3 is 2.42 bits per heavy atom. The van der Waals surface area contributed by atoms with E-state index in [0.717, 1.165) is 5.75 Å². The van der Waals surface area contributed by atoms with Crippen LogP contribution >= 0.6 is 11.8 Å². The van der Waals surface area contributed by atoms with Crippen molar-refractivity contribution >= 4 is 29.9 Å². The van der Waals surface area contributed by atoms with Gasteiger partial charge in [0.15, 0.2) is 0 Å². The Hall–Kier alpha value is -1.04. The molecule has 0 radical (unpaired) electrons. The maximum atomic E-state index is 12.0. The van der Waals surface area contributed by atoms with Crippen molar-refractivity contribution < 1.29 is 19.5 Å². The summed E-state index contributed by atoms with van der Waals surface area (Å²) in [5.74, 6) is -0.851. The molecule has 0 spiro atoms. The predicted molar refractivity (Wildman–Crippen MR) is 76.2 cm³/mol. The summed E-state index contributed by atoms with van der Waals surface area (Å²) in [7, 11) is 0. The molecule has 0 aliphatic rings.